The summed E-state index contributed by atoms with van der Waals surface area (Å²) in [5.41, 5.74) is 8.72. The van der Waals surface area contributed by atoms with Crippen LogP contribution in [0.4, 0.5) is 8.78 Å². The molecule has 2 saturated carbocycles. The smallest absolute Gasteiger partial charge is 0.391 e. The molecule has 9 aromatic rings. The van der Waals surface area contributed by atoms with Crippen molar-refractivity contribution in [3.8, 4) is 0 Å². The molecular weight excluding hydrogens is 1990 g/mol. The van der Waals surface area contributed by atoms with Crippen molar-refractivity contribution in [3.05, 3.63) is 310 Å². The zero-order chi connectivity index (χ0) is 103. The molecule has 776 valence electrons. The summed E-state index contributed by atoms with van der Waals surface area (Å²) in [5, 5.41) is 6.37. The van der Waals surface area contributed by atoms with E-state index in [0.717, 1.165) is 102 Å². The fourth-order valence-electron chi connectivity index (χ4n) is 20.7. The number of alkyl halides is 2. The molecule has 7 saturated heterocycles. The Hall–Kier alpha value is -7.30. The van der Waals surface area contributed by atoms with E-state index in [1.807, 2.05) is 188 Å². The van der Waals surface area contributed by atoms with Gasteiger partial charge in [0.25, 0.3) is 5.78 Å². The molecule has 5 unspecified atom stereocenters. The van der Waals surface area contributed by atoms with Crippen LogP contribution >= 0.6 is 11.8 Å². The normalized spacial score (nSPS) is 19.7. The maximum atomic E-state index is 13.9. The van der Waals surface area contributed by atoms with E-state index >= 15 is 0 Å². The Kier molecular flexibility index (Phi) is 48.7. The van der Waals surface area contributed by atoms with Crippen molar-refractivity contribution < 1.29 is 71.6 Å². The standard InChI is InChI=1S/C20H23OS2.C18H25OS.C16H21O2S.C16H21OS.C14H17OS.C13H17O4S.C12H13F2OS.C12H17O2S/c1-20(2,23-14-6-7-15-23)19(21)16-10-12-18(13-11-16)22-17-8-4-3-5-9-17;19-17(15-9-3-1-4-10-15)18(20-13-7-8-14-20)16-11-5-2-6-12-16;1-13-4-6-14(7-5-13)15(17)16(8-9-18-12-16)19-10-2-3-11-19;17-15(14-8-2-1-3-9-14)16(10-4-5-11-16)18-12-6-7-13-18;15-14-12-6-2-1-5-11(12)7-8-13(14)16-9-3-4-10-16;1-16-17-13(15)8-9-18(2)10-12(14)11-6-4-3-5-7-11;13-12(14,16-8-4-5-9-16)11(15)10-6-2-1-3-7-10;1-2-15(9-8-13)10-12(14)11-6-4-3-5-7-11/h3-5,8-13H,6-7,14-15H2,1-2H3;1,3-4,9-10,16,18H,2,5-8,11-14H2;4-7H,2-3,8-12H2,1H3;1-3,8-9H,4-7,10-13H2;1-2,5-6,13H,3-4,7-10H2;3-7H,8-10H2,1-2H3;1-3,6-7H,4-5,8-9H2;3-7,13H,2,8-10H2,1H3/q8*+1. The number of fused-ring (bicyclic) bond motifs is 1. The molecule has 0 amide bonds. The third-order valence-electron chi connectivity index (χ3n) is 28.9. The third kappa shape index (κ3) is 34.1. The molecule has 9 fully saturated rings. The van der Waals surface area contributed by atoms with Gasteiger partial charge in [-0.05, 0) is 210 Å². The first-order chi connectivity index (χ1) is 70.4. The minimum absolute atomic E-state index is 0.0256. The van der Waals surface area contributed by atoms with Crippen LogP contribution in [-0.4, -0.2) is 218 Å². The Morgan fingerprint density at radius 2 is 0.910 bits per heavy atom. The summed E-state index contributed by atoms with van der Waals surface area (Å²) >= 11 is 1.73. The highest BCUT2D eigenvalue weighted by atomic mass is 32.2. The van der Waals surface area contributed by atoms with Crippen LogP contribution in [0.15, 0.2) is 265 Å². The molecule has 7 heterocycles. The van der Waals surface area contributed by atoms with Crippen molar-refractivity contribution >= 4 is 151 Å². The molecular formula is C121H154F2O13S9+8. The minimum Gasteiger partial charge on any atom is -0.391 e. The van der Waals surface area contributed by atoms with E-state index in [1.54, 1.807) is 42.1 Å². The van der Waals surface area contributed by atoms with Crippen LogP contribution in [0.3, 0.4) is 0 Å². The second kappa shape index (κ2) is 60.7. The molecule has 145 heavy (non-hydrogen) atoms. The Morgan fingerprint density at radius 1 is 0.469 bits per heavy atom. The van der Waals surface area contributed by atoms with Crippen LogP contribution in [0.5, 0.6) is 0 Å². The molecule has 0 radical (unpaired) electrons. The van der Waals surface area contributed by atoms with E-state index in [2.05, 4.69) is 67.8 Å². The van der Waals surface area contributed by atoms with Gasteiger partial charge in [0.05, 0.1) is 43.9 Å². The Labute approximate surface area is 890 Å². The summed E-state index contributed by atoms with van der Waals surface area (Å²) in [7, 11) is 1.73. The van der Waals surface area contributed by atoms with Gasteiger partial charge in [-0.25, -0.2) is 4.79 Å². The van der Waals surface area contributed by atoms with Gasteiger partial charge in [0.1, 0.15) is 92.9 Å². The Bertz CT molecular complexity index is 5440. The summed E-state index contributed by atoms with van der Waals surface area (Å²) in [6.07, 6.45) is 31.6. The second-order valence-corrected chi connectivity index (χ2v) is 60.3. The van der Waals surface area contributed by atoms with Crippen LogP contribution in [-0.2, 0) is 113 Å². The van der Waals surface area contributed by atoms with Gasteiger partial charge in [-0.15, -0.1) is 8.78 Å². The number of halogens is 2. The predicted molar refractivity (Wildman–Crippen MR) is 616 cm³/mol. The average molecular weight is 2140 g/mol. The Morgan fingerprint density at radius 3 is 1.43 bits per heavy atom. The number of ketones is 8. The fraction of sp³-hybridized carbons (Fsp3) is 0.479. The molecule has 0 bridgehead atoms. The van der Waals surface area contributed by atoms with Gasteiger partial charge in [-0.3, -0.25) is 43.2 Å². The molecule has 0 spiro atoms. The molecule has 5 atom stereocenters. The SMILES string of the molecule is CC(C)(C(=O)c1ccc(Sc2ccccc2)cc1)[S+]1CCCC1.CC[S+](CCO)CC(=O)c1ccccc1.COOC(=O)CC[S+](C)CC(=O)c1ccccc1.Cc1ccc(C(=O)C2([S+]3CCCC3)CCOC2)cc1.O=C(c1ccccc1)C(C1CCCCC1)[S+]1CCCC1.O=C(c1ccccc1)C(F)(F)[S+]1CCCC1.O=C(c1ccccc1)C1([S+]2CCCC2)CCCC1.O=C1c2ccccc2CCC1[S+]1CCCC1. The van der Waals surface area contributed by atoms with Gasteiger partial charge in [-0.2, -0.15) is 4.89 Å². The number of ether oxygens (including phenoxy) is 1. The van der Waals surface area contributed by atoms with Gasteiger partial charge in [0, 0.05) is 119 Å². The van der Waals surface area contributed by atoms with E-state index in [9.17, 15) is 51.9 Å². The van der Waals surface area contributed by atoms with Crippen molar-refractivity contribution in [2.24, 2.45) is 5.92 Å². The summed E-state index contributed by atoms with van der Waals surface area (Å²) in [6.45, 7) is 9.97. The number of aryl methyl sites for hydroxylation is 2. The number of aliphatic hydroxyl groups is 1. The lowest BCUT2D eigenvalue weighted by atomic mass is 9.84. The number of hydrogen-bond acceptors (Lipinski definition) is 14. The first kappa shape index (κ1) is 116. The minimum atomic E-state index is -3.17. The predicted octanol–water partition coefficient (Wildman–Crippen LogP) is 24.4. The largest absolute Gasteiger partial charge is 0.474 e. The topological polar surface area (TPSA) is 202 Å². The van der Waals surface area contributed by atoms with Gasteiger partial charge < -0.3 is 9.84 Å². The lowest BCUT2D eigenvalue weighted by Crippen LogP contribution is -2.48. The highest BCUT2D eigenvalue weighted by Crippen LogP contribution is 2.45. The fourth-order valence-corrected chi connectivity index (χ4v) is 41.5. The monoisotopic (exact) mass is 2140 g/mol. The molecule has 24 heteroatoms. The van der Waals surface area contributed by atoms with Crippen molar-refractivity contribution in [1.82, 2.24) is 0 Å². The number of carbonyl (C=O) groups excluding carboxylic acids is 9. The van der Waals surface area contributed by atoms with E-state index in [1.165, 1.54) is 207 Å². The number of rotatable bonds is 32. The number of aliphatic hydroxyl groups excluding tert-OH is 1. The van der Waals surface area contributed by atoms with E-state index < -0.39 is 27.9 Å². The number of Topliss-reactive ketones (excluding diaryl/α,β-unsaturated/α-hetero) is 8. The van der Waals surface area contributed by atoms with Crippen LogP contribution in [0.1, 0.15) is 269 Å². The lowest BCUT2D eigenvalue weighted by molar-refractivity contribution is -0.254. The number of hydrogen-bond donors (Lipinski definition) is 1. The molecule has 10 aliphatic rings. The van der Waals surface area contributed by atoms with Gasteiger partial charge in [0.15, 0.2) is 31.5 Å². The summed E-state index contributed by atoms with van der Waals surface area (Å²) in [4.78, 5) is 122. The highest BCUT2D eigenvalue weighted by Gasteiger charge is 2.60. The lowest BCUT2D eigenvalue weighted by Gasteiger charge is -2.27. The van der Waals surface area contributed by atoms with Crippen LogP contribution in [0, 0.1) is 12.8 Å². The maximum Gasteiger partial charge on any atom is 0.474 e. The van der Waals surface area contributed by atoms with Gasteiger partial charge >= 0.3 is 11.2 Å². The zero-order valence-corrected chi connectivity index (χ0v) is 93.4. The summed E-state index contributed by atoms with van der Waals surface area (Å²) in [5.74, 6) is 18.6. The first-order valence-corrected chi connectivity index (χ1v) is 66.5. The summed E-state index contributed by atoms with van der Waals surface area (Å²) < 4.78 is 33.0. The van der Waals surface area contributed by atoms with E-state index in [0.29, 0.717) is 113 Å². The van der Waals surface area contributed by atoms with Crippen LogP contribution < -0.4 is 0 Å². The van der Waals surface area contributed by atoms with E-state index in [4.69, 9.17) is 9.84 Å². The molecule has 9 aromatic carbocycles. The van der Waals surface area contributed by atoms with Crippen LogP contribution in [0.2, 0.25) is 0 Å². The Balaban J connectivity index is 0.000000148. The molecule has 7 aliphatic heterocycles. The van der Waals surface area contributed by atoms with E-state index in [-0.39, 0.29) is 88.0 Å². The first-order valence-electron chi connectivity index (χ1n) is 52.5. The highest BCUT2D eigenvalue weighted by molar-refractivity contribution is 8.01. The average Bonchev–Trinajstić information content (AvgIpc) is 1.64. The van der Waals surface area contributed by atoms with Gasteiger partial charge in [0.2, 0.25) is 45.2 Å². The third-order valence-corrected chi connectivity index (χ3v) is 51.7. The van der Waals surface area contributed by atoms with Crippen molar-refractivity contribution in [3.63, 3.8) is 0 Å². The van der Waals surface area contributed by atoms with Crippen molar-refractivity contribution in [2.75, 3.05) is 131 Å². The molecule has 13 nitrogen and oxygen atoms in total. The van der Waals surface area contributed by atoms with Crippen LogP contribution in [0.25, 0.3) is 0 Å². The second-order valence-electron chi connectivity index (χ2n) is 39.3. The maximum absolute atomic E-state index is 13.9. The quantitative estimate of drug-likeness (QED) is 0.0181. The number of carbonyl (C=O) groups is 9. The molecule has 0 aromatic heterocycles. The summed E-state index contributed by atoms with van der Waals surface area (Å²) in [6, 6.07) is 81.1. The molecule has 19 rings (SSSR count). The van der Waals surface area contributed by atoms with Crippen molar-refractivity contribution in [1.29, 1.82) is 0 Å². The molecule has 1 N–H and O–H groups in total. The zero-order valence-electron chi connectivity index (χ0n) is 86.1. The van der Waals surface area contributed by atoms with Crippen molar-refractivity contribution in [2.45, 2.75) is 228 Å². The molecule has 3 aliphatic carbocycles. The van der Waals surface area contributed by atoms with Gasteiger partial charge in [-0.1, -0.05) is 267 Å². The number of benzene rings is 9.